The van der Waals surface area contributed by atoms with Gasteiger partial charge in [-0.2, -0.15) is 0 Å². The maximum absolute atomic E-state index is 11.9. The number of nitrogens with one attached hydrogen (secondary N) is 1. The molecule has 1 fully saturated rings. The summed E-state index contributed by atoms with van der Waals surface area (Å²) in [5.74, 6) is 0.932. The van der Waals surface area contributed by atoms with Gasteiger partial charge in [-0.25, -0.2) is 0 Å². The van der Waals surface area contributed by atoms with Crippen LogP contribution in [0.5, 0.6) is 0 Å². The van der Waals surface area contributed by atoms with Crippen LogP contribution < -0.4 is 5.32 Å². The third-order valence-corrected chi connectivity index (χ3v) is 3.35. The molecule has 16 heavy (non-hydrogen) atoms. The Morgan fingerprint density at radius 3 is 2.75 bits per heavy atom. The fraction of sp³-hybridized carbons (Fsp3) is 0.917. The van der Waals surface area contributed by atoms with E-state index in [1.54, 1.807) is 0 Å². The molecule has 3 nitrogen and oxygen atoms in total. The van der Waals surface area contributed by atoms with Crippen molar-refractivity contribution in [3.05, 3.63) is 0 Å². The number of amides is 1. The number of carbonyl (C=O) groups is 1. The molecule has 0 aromatic heterocycles. The molecule has 1 saturated heterocycles. The first-order valence-corrected chi connectivity index (χ1v) is 6.14. The van der Waals surface area contributed by atoms with Crippen molar-refractivity contribution in [3.8, 4) is 0 Å². The number of likely N-dealkylation sites (tertiary alicyclic amines) is 1. The zero-order chi connectivity index (χ0) is 11.3. The van der Waals surface area contributed by atoms with Crippen LogP contribution in [0.2, 0.25) is 0 Å². The predicted molar refractivity (Wildman–Crippen MR) is 70.0 cm³/mol. The fourth-order valence-corrected chi connectivity index (χ4v) is 2.55. The predicted octanol–water partition coefficient (Wildman–Crippen LogP) is 2.05. The second-order valence-electron chi connectivity index (χ2n) is 4.59. The molecule has 2 atom stereocenters. The molecule has 1 amide bonds. The third kappa shape index (κ3) is 3.95. The van der Waals surface area contributed by atoms with Crippen LogP contribution in [-0.2, 0) is 4.79 Å². The molecule has 0 saturated carbocycles. The highest BCUT2D eigenvalue weighted by molar-refractivity contribution is 5.85. The maximum Gasteiger partial charge on any atom is 0.236 e. The second-order valence-corrected chi connectivity index (χ2v) is 4.59. The third-order valence-electron chi connectivity index (χ3n) is 3.35. The van der Waals surface area contributed by atoms with Crippen LogP contribution in [-0.4, -0.2) is 37.0 Å². The van der Waals surface area contributed by atoms with Crippen LogP contribution in [0.1, 0.15) is 39.5 Å². The van der Waals surface area contributed by atoms with Crippen molar-refractivity contribution in [1.82, 2.24) is 10.2 Å². The lowest BCUT2D eigenvalue weighted by Crippen LogP contribution is -2.50. The van der Waals surface area contributed by atoms with Crippen molar-refractivity contribution in [3.63, 3.8) is 0 Å². The summed E-state index contributed by atoms with van der Waals surface area (Å²) in [5.41, 5.74) is 0. The highest BCUT2D eigenvalue weighted by Crippen LogP contribution is 2.26. The summed E-state index contributed by atoms with van der Waals surface area (Å²) in [5, 5.41) is 2.95. The van der Waals surface area contributed by atoms with Gasteiger partial charge in [0.25, 0.3) is 0 Å². The van der Waals surface area contributed by atoms with Crippen LogP contribution in [0.15, 0.2) is 0 Å². The Bertz CT molecular complexity index is 211. The van der Waals surface area contributed by atoms with Gasteiger partial charge < -0.3 is 10.2 Å². The van der Waals surface area contributed by atoms with Crippen molar-refractivity contribution in [1.29, 1.82) is 0 Å². The Kier molecular flexibility index (Phi) is 7.77. The molecule has 1 aliphatic rings. The zero-order valence-corrected chi connectivity index (χ0v) is 11.5. The van der Waals surface area contributed by atoms with Crippen molar-refractivity contribution >= 4 is 18.3 Å². The quantitative estimate of drug-likeness (QED) is 0.826. The van der Waals surface area contributed by atoms with Crippen molar-refractivity contribution in [2.24, 2.45) is 5.92 Å². The molecule has 0 bridgehead atoms. The van der Waals surface area contributed by atoms with E-state index in [1.165, 1.54) is 12.8 Å². The number of hydrogen-bond acceptors (Lipinski definition) is 2. The molecule has 1 heterocycles. The highest BCUT2D eigenvalue weighted by Gasteiger charge is 2.30. The van der Waals surface area contributed by atoms with Crippen molar-refractivity contribution < 1.29 is 4.79 Å². The first kappa shape index (κ1) is 15.7. The minimum absolute atomic E-state index is 0. The van der Waals surface area contributed by atoms with Gasteiger partial charge in [0, 0.05) is 12.6 Å². The summed E-state index contributed by atoms with van der Waals surface area (Å²) in [6.45, 7) is 5.91. The molecule has 0 aromatic carbocycles. The summed E-state index contributed by atoms with van der Waals surface area (Å²) < 4.78 is 0. The molecule has 2 unspecified atom stereocenters. The van der Waals surface area contributed by atoms with Crippen LogP contribution in [0.25, 0.3) is 0 Å². The number of halogens is 1. The lowest BCUT2D eigenvalue weighted by Gasteiger charge is -2.40. The average Bonchev–Trinajstić information content (AvgIpc) is 2.21. The Balaban J connectivity index is 0.00000225. The Hall–Kier alpha value is -0.280. The molecule has 1 aliphatic heterocycles. The summed E-state index contributed by atoms with van der Waals surface area (Å²) in [6, 6.07) is 0.476. The minimum atomic E-state index is 0. The van der Waals surface area contributed by atoms with E-state index in [0.717, 1.165) is 19.4 Å². The topological polar surface area (TPSA) is 32.3 Å². The monoisotopic (exact) mass is 248 g/mol. The van der Waals surface area contributed by atoms with Crippen molar-refractivity contribution in [2.45, 2.75) is 45.6 Å². The average molecular weight is 249 g/mol. The summed E-state index contributed by atoms with van der Waals surface area (Å²) >= 11 is 0. The minimum Gasteiger partial charge on any atom is -0.338 e. The van der Waals surface area contributed by atoms with E-state index >= 15 is 0 Å². The van der Waals surface area contributed by atoms with Gasteiger partial charge >= 0.3 is 0 Å². The first-order chi connectivity index (χ1) is 7.20. The Morgan fingerprint density at radius 1 is 1.50 bits per heavy atom. The summed E-state index contributed by atoms with van der Waals surface area (Å²) in [7, 11) is 1.83. The van der Waals surface area contributed by atoms with E-state index in [9.17, 15) is 4.79 Å². The smallest absolute Gasteiger partial charge is 0.236 e. The van der Waals surface area contributed by atoms with Crippen LogP contribution in [0, 0.1) is 5.92 Å². The molecule has 0 radical (unpaired) electrons. The maximum atomic E-state index is 11.9. The molecular weight excluding hydrogens is 224 g/mol. The van der Waals surface area contributed by atoms with Gasteiger partial charge in [0.1, 0.15) is 0 Å². The molecular formula is C12H25ClN2O. The van der Waals surface area contributed by atoms with Gasteiger partial charge in [-0.15, -0.1) is 12.4 Å². The standard InChI is InChI=1S/C12H24N2O.ClH/c1-4-6-11-10(2)7-5-8-14(11)12(15)9-13-3;/h10-11,13H,4-9H2,1-3H3;1H. The number of likely N-dealkylation sites (N-methyl/N-ethyl adjacent to an activating group) is 1. The number of rotatable bonds is 4. The van der Waals surface area contributed by atoms with Crippen LogP contribution in [0.3, 0.4) is 0 Å². The van der Waals surface area contributed by atoms with E-state index in [-0.39, 0.29) is 18.3 Å². The van der Waals surface area contributed by atoms with Crippen LogP contribution in [0.4, 0.5) is 0 Å². The molecule has 1 N–H and O–H groups in total. The zero-order valence-electron chi connectivity index (χ0n) is 10.7. The summed E-state index contributed by atoms with van der Waals surface area (Å²) in [6.07, 6.45) is 4.75. The van der Waals surface area contributed by atoms with Gasteiger partial charge in [-0.05, 0) is 32.2 Å². The Labute approximate surface area is 105 Å². The van der Waals surface area contributed by atoms with E-state index in [0.29, 0.717) is 18.5 Å². The Morgan fingerprint density at radius 2 is 2.19 bits per heavy atom. The molecule has 1 rings (SSSR count). The van der Waals surface area contributed by atoms with Gasteiger partial charge in [-0.3, -0.25) is 4.79 Å². The number of carbonyl (C=O) groups excluding carboxylic acids is 1. The van der Waals surface area contributed by atoms with Gasteiger partial charge in [-0.1, -0.05) is 20.3 Å². The molecule has 96 valence electrons. The van der Waals surface area contributed by atoms with Crippen LogP contribution >= 0.6 is 12.4 Å². The SMILES string of the molecule is CCCC1C(C)CCCN1C(=O)CNC.Cl. The molecule has 0 aliphatic carbocycles. The number of piperidine rings is 1. The fourth-order valence-electron chi connectivity index (χ4n) is 2.55. The molecule has 0 spiro atoms. The van der Waals surface area contributed by atoms with Gasteiger partial charge in [0.15, 0.2) is 0 Å². The lowest BCUT2D eigenvalue weighted by atomic mass is 9.88. The normalized spacial score (nSPS) is 25.1. The first-order valence-electron chi connectivity index (χ1n) is 6.14. The van der Waals surface area contributed by atoms with Gasteiger partial charge in [0.05, 0.1) is 6.54 Å². The van der Waals surface area contributed by atoms with E-state index < -0.39 is 0 Å². The van der Waals surface area contributed by atoms with E-state index in [2.05, 4.69) is 24.1 Å². The highest BCUT2D eigenvalue weighted by atomic mass is 35.5. The van der Waals surface area contributed by atoms with Crippen molar-refractivity contribution in [2.75, 3.05) is 20.1 Å². The number of nitrogens with zero attached hydrogens (tertiary/aromatic N) is 1. The second kappa shape index (κ2) is 7.91. The lowest BCUT2D eigenvalue weighted by molar-refractivity contribution is -0.135. The molecule has 0 aromatic rings. The summed E-state index contributed by atoms with van der Waals surface area (Å²) in [4.78, 5) is 14.0. The van der Waals surface area contributed by atoms with E-state index in [4.69, 9.17) is 0 Å². The number of hydrogen-bond donors (Lipinski definition) is 1. The molecule has 4 heteroatoms. The largest absolute Gasteiger partial charge is 0.338 e. The van der Waals surface area contributed by atoms with Gasteiger partial charge in [0.2, 0.25) is 5.91 Å². The van der Waals surface area contributed by atoms with E-state index in [1.807, 2.05) is 7.05 Å².